The first-order chi connectivity index (χ1) is 3.66. The van der Waals surface area contributed by atoms with E-state index >= 15 is 0 Å². The van der Waals surface area contributed by atoms with Crippen LogP contribution in [0, 0.1) is 0 Å². The molecule has 1 amide bonds. The van der Waals surface area contributed by atoms with Crippen LogP contribution in [0.15, 0.2) is 0 Å². The second-order valence-electron chi connectivity index (χ2n) is 1.40. The fraction of sp³-hybridized carbons (Fsp3) is 0.750. The van der Waals surface area contributed by atoms with Gasteiger partial charge in [0.15, 0.2) is 0 Å². The van der Waals surface area contributed by atoms with Crippen LogP contribution in [0.2, 0.25) is 0 Å². The van der Waals surface area contributed by atoms with Gasteiger partial charge in [-0.15, -0.1) is 0 Å². The molecule has 48 valence electrons. The molecule has 2 N–H and O–H groups in total. The molecular weight excluding hydrogens is 126 g/mol. The Morgan fingerprint density at radius 1 is 2.00 bits per heavy atom. The zero-order valence-electron chi connectivity index (χ0n) is 4.59. The normalized spacial score (nSPS) is 12.9. The van der Waals surface area contributed by atoms with Gasteiger partial charge in [0.1, 0.15) is 6.23 Å². The van der Waals surface area contributed by atoms with Crippen LogP contribution in [0.5, 0.6) is 0 Å². The molecule has 0 saturated carbocycles. The third-order valence-electron chi connectivity index (χ3n) is 0.513. The predicted molar refractivity (Wildman–Crippen MR) is 33.7 cm³/mol. The van der Waals surface area contributed by atoms with Gasteiger partial charge in [-0.1, -0.05) is 0 Å². The molecule has 0 aliphatic heterocycles. The summed E-state index contributed by atoms with van der Waals surface area (Å²) in [5.74, 6) is -0.145. The molecule has 0 aromatic rings. The Kier molecular flexibility index (Phi) is 3.64. The van der Waals surface area contributed by atoms with Crippen molar-refractivity contribution in [3.63, 3.8) is 0 Å². The highest BCUT2D eigenvalue weighted by Crippen LogP contribution is 1.75. The first-order valence-corrected chi connectivity index (χ1v) is 2.88. The van der Waals surface area contributed by atoms with Crippen molar-refractivity contribution < 1.29 is 9.90 Å². The highest BCUT2D eigenvalue weighted by molar-refractivity contribution is 7.81. The van der Waals surface area contributed by atoms with Gasteiger partial charge in [0.2, 0.25) is 5.91 Å². The highest BCUT2D eigenvalue weighted by atomic mass is 32.1. The predicted octanol–water partition coefficient (Wildman–Crippen LogP) is -0.629. The van der Waals surface area contributed by atoms with Crippen molar-refractivity contribution >= 4 is 18.5 Å². The van der Waals surface area contributed by atoms with E-state index in [1.165, 1.54) is 6.92 Å². The molecule has 0 bridgehead atoms. The average molecular weight is 135 g/mol. The molecule has 0 heterocycles. The molecule has 0 fully saturated rings. The summed E-state index contributed by atoms with van der Waals surface area (Å²) >= 11 is 3.67. The number of hydrogen-bond acceptors (Lipinski definition) is 3. The third-order valence-corrected chi connectivity index (χ3v) is 0.801. The van der Waals surface area contributed by atoms with E-state index in [1.54, 1.807) is 0 Å². The molecule has 1 unspecified atom stereocenters. The van der Waals surface area contributed by atoms with Crippen molar-refractivity contribution in [1.82, 2.24) is 5.32 Å². The number of nitrogens with one attached hydrogen (secondary N) is 1. The molecule has 0 rings (SSSR count). The number of aliphatic hydroxyl groups excluding tert-OH is 1. The number of amides is 1. The van der Waals surface area contributed by atoms with Crippen LogP contribution in [0.4, 0.5) is 0 Å². The quantitative estimate of drug-likeness (QED) is 0.349. The fourth-order valence-electron chi connectivity index (χ4n) is 0.279. The van der Waals surface area contributed by atoms with Crippen molar-refractivity contribution in [3.8, 4) is 0 Å². The zero-order valence-corrected chi connectivity index (χ0v) is 5.48. The van der Waals surface area contributed by atoms with Gasteiger partial charge in [0.05, 0.1) is 5.75 Å². The van der Waals surface area contributed by atoms with Gasteiger partial charge in [-0.05, 0) is 6.92 Å². The van der Waals surface area contributed by atoms with Gasteiger partial charge in [-0.3, -0.25) is 4.79 Å². The summed E-state index contributed by atoms with van der Waals surface area (Å²) in [7, 11) is 0. The molecule has 1 atom stereocenters. The second kappa shape index (κ2) is 3.74. The van der Waals surface area contributed by atoms with E-state index < -0.39 is 6.23 Å². The minimum Gasteiger partial charge on any atom is -0.374 e. The van der Waals surface area contributed by atoms with E-state index in [-0.39, 0.29) is 11.7 Å². The summed E-state index contributed by atoms with van der Waals surface area (Å²) in [6.45, 7) is 1.47. The Bertz CT molecular complexity index is 84.1. The van der Waals surface area contributed by atoms with Crippen LogP contribution in [0.3, 0.4) is 0 Å². The van der Waals surface area contributed by atoms with Gasteiger partial charge in [0.25, 0.3) is 0 Å². The molecule has 0 radical (unpaired) electrons. The molecule has 0 aromatic carbocycles. The lowest BCUT2D eigenvalue weighted by molar-refractivity contribution is -0.121. The first-order valence-electron chi connectivity index (χ1n) is 2.25. The van der Waals surface area contributed by atoms with Crippen LogP contribution < -0.4 is 5.32 Å². The lowest BCUT2D eigenvalue weighted by atomic mass is 10.6. The maximum atomic E-state index is 10.3. The van der Waals surface area contributed by atoms with E-state index in [0.717, 1.165) is 0 Å². The van der Waals surface area contributed by atoms with E-state index in [9.17, 15) is 4.79 Å². The van der Waals surface area contributed by atoms with Crippen LogP contribution in [-0.2, 0) is 4.79 Å². The molecule has 8 heavy (non-hydrogen) atoms. The van der Waals surface area contributed by atoms with Crippen molar-refractivity contribution in [3.05, 3.63) is 0 Å². The number of thiol groups is 1. The SMILES string of the molecule is CC(O)NC(=O)CS. The summed E-state index contributed by atoms with van der Waals surface area (Å²) in [6, 6.07) is 0. The molecule has 3 nitrogen and oxygen atoms in total. The first kappa shape index (κ1) is 7.78. The number of carbonyl (C=O) groups is 1. The lowest BCUT2D eigenvalue weighted by Gasteiger charge is -2.03. The Labute approximate surface area is 53.5 Å². The monoisotopic (exact) mass is 135 g/mol. The summed E-state index contributed by atoms with van der Waals surface area (Å²) in [6.07, 6.45) is -0.769. The van der Waals surface area contributed by atoms with E-state index in [0.29, 0.717) is 0 Å². The average Bonchev–Trinajstić information content (AvgIpc) is 1.65. The van der Waals surface area contributed by atoms with Crippen molar-refractivity contribution in [1.29, 1.82) is 0 Å². The molecule has 0 spiro atoms. The summed E-state index contributed by atoms with van der Waals surface area (Å²) < 4.78 is 0. The molecule has 0 aromatic heterocycles. The molecule has 4 heteroatoms. The highest BCUT2D eigenvalue weighted by Gasteiger charge is 1.98. The van der Waals surface area contributed by atoms with Crippen LogP contribution in [-0.4, -0.2) is 23.0 Å². The van der Waals surface area contributed by atoms with Gasteiger partial charge in [-0.25, -0.2) is 0 Å². The minimum absolute atomic E-state index is 0.116. The van der Waals surface area contributed by atoms with E-state index in [1.807, 2.05) is 0 Å². The van der Waals surface area contributed by atoms with Gasteiger partial charge < -0.3 is 10.4 Å². The number of hydrogen-bond donors (Lipinski definition) is 3. The summed E-state index contributed by atoms with van der Waals surface area (Å²) in [5, 5.41) is 10.7. The van der Waals surface area contributed by atoms with Crippen LogP contribution >= 0.6 is 12.6 Å². The second-order valence-corrected chi connectivity index (χ2v) is 1.72. The van der Waals surface area contributed by atoms with Gasteiger partial charge >= 0.3 is 0 Å². The molecular formula is C4H9NO2S. The van der Waals surface area contributed by atoms with Crippen molar-refractivity contribution in [2.24, 2.45) is 0 Å². The Morgan fingerprint density at radius 2 is 2.50 bits per heavy atom. The maximum Gasteiger partial charge on any atom is 0.231 e. The van der Waals surface area contributed by atoms with Gasteiger partial charge in [-0.2, -0.15) is 12.6 Å². The minimum atomic E-state index is -0.769. The van der Waals surface area contributed by atoms with Gasteiger partial charge in [0, 0.05) is 0 Å². The third kappa shape index (κ3) is 3.95. The molecule has 0 aliphatic carbocycles. The maximum absolute atomic E-state index is 10.3. The Hall–Kier alpha value is -0.220. The standard InChI is InChI=1S/C4H9NO2S/c1-3(6)5-4(7)2-8/h3,6,8H,2H2,1H3,(H,5,7). The largest absolute Gasteiger partial charge is 0.374 e. The number of aliphatic hydroxyl groups is 1. The summed E-state index contributed by atoms with van der Waals surface area (Å²) in [4.78, 5) is 10.3. The Morgan fingerprint density at radius 3 is 2.62 bits per heavy atom. The topological polar surface area (TPSA) is 49.3 Å². The van der Waals surface area contributed by atoms with Crippen LogP contribution in [0.1, 0.15) is 6.92 Å². The molecule has 0 saturated heterocycles. The van der Waals surface area contributed by atoms with E-state index in [4.69, 9.17) is 5.11 Å². The fourth-order valence-corrected chi connectivity index (χ4v) is 0.370. The smallest absolute Gasteiger partial charge is 0.231 e. The lowest BCUT2D eigenvalue weighted by Crippen LogP contribution is -2.32. The van der Waals surface area contributed by atoms with Crippen LogP contribution in [0.25, 0.3) is 0 Å². The number of rotatable bonds is 2. The Balaban J connectivity index is 3.25. The van der Waals surface area contributed by atoms with E-state index in [2.05, 4.69) is 17.9 Å². The van der Waals surface area contributed by atoms with Crippen molar-refractivity contribution in [2.75, 3.05) is 5.75 Å². The van der Waals surface area contributed by atoms with Crippen molar-refractivity contribution in [2.45, 2.75) is 13.2 Å². The summed E-state index contributed by atoms with van der Waals surface area (Å²) in [5.41, 5.74) is 0. The molecule has 0 aliphatic rings. The number of carbonyl (C=O) groups excluding carboxylic acids is 1. The zero-order chi connectivity index (χ0) is 6.57.